The Morgan fingerprint density at radius 2 is 1.97 bits per heavy atom. The Labute approximate surface area is 188 Å². The first-order chi connectivity index (χ1) is 15.4. The van der Waals surface area contributed by atoms with Gasteiger partial charge in [-0.3, -0.25) is 4.79 Å². The van der Waals surface area contributed by atoms with Crippen molar-refractivity contribution in [2.45, 2.75) is 83.3 Å². The molecule has 1 amide bonds. The van der Waals surface area contributed by atoms with Gasteiger partial charge in [0.25, 0.3) is 5.91 Å². The molecule has 0 unspecified atom stereocenters. The highest BCUT2D eigenvalue weighted by atomic mass is 16.5. The molecule has 32 heavy (non-hydrogen) atoms. The molecule has 3 aliphatic rings. The van der Waals surface area contributed by atoms with Crippen molar-refractivity contribution in [3.8, 4) is 5.75 Å². The Morgan fingerprint density at radius 3 is 2.78 bits per heavy atom. The molecule has 1 aliphatic heterocycles. The minimum atomic E-state index is -0.648. The quantitative estimate of drug-likeness (QED) is 0.734. The first-order valence-electron chi connectivity index (χ1n) is 12.1. The number of ether oxygens (including phenoxy) is 1. The van der Waals surface area contributed by atoms with Gasteiger partial charge in [0.2, 0.25) is 0 Å². The van der Waals surface area contributed by atoms with Crippen LogP contribution in [0.1, 0.15) is 68.6 Å². The molecule has 1 saturated carbocycles. The lowest BCUT2D eigenvalue weighted by atomic mass is 9.71. The molecule has 0 spiro atoms. The number of rotatable bonds is 3. The van der Waals surface area contributed by atoms with Gasteiger partial charge in [-0.15, -0.1) is 0 Å². The third-order valence-corrected chi connectivity index (χ3v) is 7.98. The Balaban J connectivity index is 1.35. The van der Waals surface area contributed by atoms with Gasteiger partial charge >= 0.3 is 5.63 Å². The fourth-order valence-electron chi connectivity index (χ4n) is 6.02. The van der Waals surface area contributed by atoms with Crippen LogP contribution in [0, 0.1) is 12.8 Å². The van der Waals surface area contributed by atoms with Crippen molar-refractivity contribution in [1.82, 2.24) is 4.90 Å². The molecule has 0 bridgehead atoms. The number of likely N-dealkylation sites (tertiary alicyclic amines) is 1. The standard InChI is InChI=1S/C26H33NO5/c1-16-22(11-10-20-19-8-3-4-9-21(19)25(29)32-23(16)20)31-17(2)24(28)27-14-13-26(30)12-6-5-7-18(26)15-27/h10-11,17-18,30H,3-9,12-15H2,1-2H3/t17-,18+,26-/m0/s1. The lowest BCUT2D eigenvalue weighted by Gasteiger charge is -2.47. The van der Waals surface area contributed by atoms with Gasteiger partial charge in [-0.1, -0.05) is 12.8 Å². The largest absolute Gasteiger partial charge is 0.480 e. The minimum Gasteiger partial charge on any atom is -0.480 e. The molecule has 2 fully saturated rings. The van der Waals surface area contributed by atoms with Crippen molar-refractivity contribution in [2.75, 3.05) is 13.1 Å². The maximum absolute atomic E-state index is 13.1. The molecule has 0 radical (unpaired) electrons. The van der Waals surface area contributed by atoms with E-state index in [1.54, 1.807) is 6.92 Å². The molecule has 2 heterocycles. The fraction of sp³-hybridized carbons (Fsp3) is 0.615. The van der Waals surface area contributed by atoms with Crippen molar-refractivity contribution in [2.24, 2.45) is 5.92 Å². The van der Waals surface area contributed by atoms with Gasteiger partial charge in [0, 0.05) is 35.5 Å². The zero-order chi connectivity index (χ0) is 22.5. The zero-order valence-corrected chi connectivity index (χ0v) is 19.1. The van der Waals surface area contributed by atoms with Crippen LogP contribution in [0.2, 0.25) is 0 Å². The predicted octanol–water partition coefficient (Wildman–Crippen LogP) is 3.90. The van der Waals surface area contributed by atoms with Gasteiger partial charge in [-0.05, 0) is 76.5 Å². The lowest BCUT2D eigenvalue weighted by molar-refractivity contribution is -0.149. The number of piperidine rings is 1. The number of hydrogen-bond donors (Lipinski definition) is 1. The number of carbonyl (C=O) groups is 1. The van der Waals surface area contributed by atoms with Gasteiger partial charge in [-0.2, -0.15) is 0 Å². The van der Waals surface area contributed by atoms with E-state index in [1.807, 2.05) is 24.0 Å². The Kier molecular flexibility index (Phi) is 5.52. The summed E-state index contributed by atoms with van der Waals surface area (Å²) in [6.07, 6.45) is 7.79. The summed E-state index contributed by atoms with van der Waals surface area (Å²) < 4.78 is 11.8. The maximum atomic E-state index is 13.1. The highest BCUT2D eigenvalue weighted by Gasteiger charge is 2.44. The molecule has 3 atom stereocenters. The van der Waals surface area contributed by atoms with E-state index in [1.165, 1.54) is 0 Å². The van der Waals surface area contributed by atoms with Crippen LogP contribution in [0.5, 0.6) is 5.75 Å². The Hall–Kier alpha value is -2.34. The summed E-state index contributed by atoms with van der Waals surface area (Å²) in [7, 11) is 0. The van der Waals surface area contributed by atoms with E-state index in [4.69, 9.17) is 9.15 Å². The van der Waals surface area contributed by atoms with Gasteiger partial charge in [0.15, 0.2) is 6.10 Å². The van der Waals surface area contributed by atoms with Crippen LogP contribution in [0.15, 0.2) is 21.3 Å². The molecular formula is C26H33NO5. The third kappa shape index (κ3) is 3.62. The second kappa shape index (κ2) is 8.22. The Bertz CT molecular complexity index is 1110. The van der Waals surface area contributed by atoms with Crippen molar-refractivity contribution >= 4 is 16.9 Å². The number of aryl methyl sites for hydroxylation is 2. The molecule has 1 aromatic carbocycles. The van der Waals surface area contributed by atoms with Crippen LogP contribution < -0.4 is 10.4 Å². The molecule has 1 aromatic heterocycles. The van der Waals surface area contributed by atoms with E-state index >= 15 is 0 Å². The van der Waals surface area contributed by atoms with Gasteiger partial charge in [0.05, 0.1) is 5.60 Å². The summed E-state index contributed by atoms with van der Waals surface area (Å²) in [6.45, 7) is 4.82. The van der Waals surface area contributed by atoms with Crippen molar-refractivity contribution in [1.29, 1.82) is 0 Å². The monoisotopic (exact) mass is 439 g/mol. The van der Waals surface area contributed by atoms with Gasteiger partial charge in [0.1, 0.15) is 11.3 Å². The van der Waals surface area contributed by atoms with Crippen LogP contribution >= 0.6 is 0 Å². The summed E-state index contributed by atoms with van der Waals surface area (Å²) in [6, 6.07) is 3.86. The molecule has 5 rings (SSSR count). The fourth-order valence-corrected chi connectivity index (χ4v) is 6.02. The minimum absolute atomic E-state index is 0.0518. The lowest BCUT2D eigenvalue weighted by Crippen LogP contribution is -2.56. The first-order valence-corrected chi connectivity index (χ1v) is 12.1. The molecule has 2 aliphatic carbocycles. The van der Waals surface area contributed by atoms with Crippen LogP contribution in [-0.2, 0) is 17.6 Å². The smallest absolute Gasteiger partial charge is 0.339 e. The van der Waals surface area contributed by atoms with Crippen molar-refractivity contribution in [3.63, 3.8) is 0 Å². The van der Waals surface area contributed by atoms with E-state index in [2.05, 4.69) is 0 Å². The number of benzene rings is 1. The van der Waals surface area contributed by atoms with E-state index in [9.17, 15) is 14.7 Å². The normalized spacial score (nSPS) is 26.3. The third-order valence-electron chi connectivity index (χ3n) is 7.98. The molecular weight excluding hydrogens is 406 g/mol. The molecule has 172 valence electrons. The number of fused-ring (bicyclic) bond motifs is 4. The summed E-state index contributed by atoms with van der Waals surface area (Å²) in [4.78, 5) is 27.5. The highest BCUT2D eigenvalue weighted by Crippen LogP contribution is 2.40. The topological polar surface area (TPSA) is 80.0 Å². The number of carbonyl (C=O) groups excluding carboxylic acids is 1. The average molecular weight is 440 g/mol. The van der Waals surface area contributed by atoms with Crippen molar-refractivity contribution < 1.29 is 19.1 Å². The van der Waals surface area contributed by atoms with Crippen molar-refractivity contribution in [3.05, 3.63) is 39.2 Å². The molecule has 2 aromatic rings. The molecule has 6 heteroatoms. The van der Waals surface area contributed by atoms with E-state index in [-0.39, 0.29) is 17.5 Å². The van der Waals surface area contributed by atoms with Crippen LogP contribution in [0.3, 0.4) is 0 Å². The first kappa shape index (κ1) is 21.5. The second-order valence-corrected chi connectivity index (χ2v) is 9.96. The van der Waals surface area contributed by atoms with E-state index in [0.29, 0.717) is 30.8 Å². The summed E-state index contributed by atoms with van der Waals surface area (Å²) >= 11 is 0. The molecule has 6 nitrogen and oxygen atoms in total. The Morgan fingerprint density at radius 1 is 1.19 bits per heavy atom. The summed E-state index contributed by atoms with van der Waals surface area (Å²) in [5, 5.41) is 11.9. The average Bonchev–Trinajstić information content (AvgIpc) is 2.80. The number of hydrogen-bond acceptors (Lipinski definition) is 5. The molecule has 1 saturated heterocycles. The van der Waals surface area contributed by atoms with Gasteiger partial charge < -0.3 is 19.2 Å². The van der Waals surface area contributed by atoms with Crippen LogP contribution in [0.4, 0.5) is 0 Å². The zero-order valence-electron chi connectivity index (χ0n) is 19.1. The van der Waals surface area contributed by atoms with E-state index < -0.39 is 11.7 Å². The van der Waals surface area contributed by atoms with Crippen LogP contribution in [-0.4, -0.2) is 40.7 Å². The summed E-state index contributed by atoms with van der Waals surface area (Å²) in [5.41, 5.74) is 2.39. The summed E-state index contributed by atoms with van der Waals surface area (Å²) in [5.74, 6) is 0.677. The number of aliphatic hydroxyl groups is 1. The van der Waals surface area contributed by atoms with E-state index in [0.717, 1.165) is 73.4 Å². The molecule has 1 N–H and O–H groups in total. The second-order valence-electron chi connectivity index (χ2n) is 9.96. The SMILES string of the molecule is Cc1c(O[C@@H](C)C(=O)N2CC[C@@]3(O)CCCC[C@@H]3C2)ccc2c3c(c(=O)oc12)CCCC3. The van der Waals surface area contributed by atoms with Gasteiger partial charge in [-0.25, -0.2) is 4.79 Å². The number of amides is 1. The number of nitrogens with zero attached hydrogens (tertiary/aromatic N) is 1. The maximum Gasteiger partial charge on any atom is 0.339 e. The van der Waals surface area contributed by atoms with Crippen LogP contribution in [0.25, 0.3) is 11.0 Å². The predicted molar refractivity (Wildman–Crippen MR) is 122 cm³/mol. The highest BCUT2D eigenvalue weighted by molar-refractivity contribution is 5.86.